The third-order valence-corrected chi connectivity index (χ3v) is 9.82. The smallest absolute Gasteiger partial charge is 0.343 e. The van der Waals surface area contributed by atoms with E-state index in [4.69, 9.17) is 9.47 Å². The Labute approximate surface area is 281 Å². The summed E-state index contributed by atoms with van der Waals surface area (Å²) >= 11 is 0. The number of carbonyl (C=O) groups is 5. The van der Waals surface area contributed by atoms with Crippen molar-refractivity contribution in [2.75, 3.05) is 11.5 Å². The Morgan fingerprint density at radius 1 is 0.571 bits per heavy atom. The molecule has 1 aliphatic heterocycles. The topological polar surface area (TPSA) is 107 Å². The molecular formula is C41H29NO7. The van der Waals surface area contributed by atoms with E-state index in [9.17, 15) is 24.0 Å². The van der Waals surface area contributed by atoms with Crippen LogP contribution in [0.2, 0.25) is 0 Å². The molecule has 240 valence electrons. The molecule has 2 unspecified atom stereocenters. The maximum Gasteiger partial charge on any atom is 0.343 e. The van der Waals surface area contributed by atoms with Crippen molar-refractivity contribution >= 4 is 35.2 Å². The molecule has 9 rings (SSSR count). The Balaban J connectivity index is 0.925. The number of hydrogen-bond acceptors (Lipinski definition) is 7. The van der Waals surface area contributed by atoms with Crippen LogP contribution in [0, 0.1) is 18.8 Å². The van der Waals surface area contributed by atoms with Crippen molar-refractivity contribution in [3.8, 4) is 5.75 Å². The Morgan fingerprint density at radius 2 is 1.02 bits per heavy atom. The molecule has 5 aromatic rings. The third kappa shape index (κ3) is 5.04. The van der Waals surface area contributed by atoms with E-state index in [0.717, 1.165) is 27.8 Å². The Bertz CT molecular complexity index is 2050. The van der Waals surface area contributed by atoms with Gasteiger partial charge in [-0.3, -0.25) is 14.4 Å². The molecular weight excluding hydrogens is 618 g/mol. The monoisotopic (exact) mass is 647 g/mol. The van der Waals surface area contributed by atoms with E-state index in [-0.39, 0.29) is 40.5 Å². The minimum absolute atomic E-state index is 0.173. The first-order valence-corrected chi connectivity index (χ1v) is 16.0. The largest absolute Gasteiger partial charge is 0.454 e. The van der Waals surface area contributed by atoms with Gasteiger partial charge in [0.05, 0.1) is 28.7 Å². The van der Waals surface area contributed by atoms with Crippen molar-refractivity contribution in [1.82, 2.24) is 0 Å². The molecule has 8 heteroatoms. The number of ketones is 1. The van der Waals surface area contributed by atoms with Gasteiger partial charge in [0.1, 0.15) is 5.75 Å². The standard InChI is InChI=1S/C41H29NO7/c1-23-10-12-26(13-11-23)41(47)49-28-20-16-24(17-21-28)33(43)22-48-40(46)25-14-18-27(19-15-25)42-38(44)36-34-29-6-2-3-7-30(29)35(37(36)39(42)45)32-9-5-4-8-31(32)34/h2-21,34-37H,22H2,1H3. The van der Waals surface area contributed by atoms with Crippen LogP contribution in [0.4, 0.5) is 5.69 Å². The molecule has 1 saturated heterocycles. The van der Waals surface area contributed by atoms with Gasteiger partial charge in [0.15, 0.2) is 12.4 Å². The summed E-state index contributed by atoms with van der Waals surface area (Å²) in [6, 6.07) is 35.2. The molecule has 1 heterocycles. The quantitative estimate of drug-likeness (QED) is 0.0843. The van der Waals surface area contributed by atoms with E-state index in [2.05, 4.69) is 24.3 Å². The number of benzene rings is 5. The number of anilines is 1. The van der Waals surface area contributed by atoms with Gasteiger partial charge >= 0.3 is 11.9 Å². The molecule has 0 N–H and O–H groups in total. The van der Waals surface area contributed by atoms with Crippen molar-refractivity contribution in [3.05, 3.63) is 166 Å². The predicted molar refractivity (Wildman–Crippen MR) is 180 cm³/mol. The zero-order chi connectivity index (χ0) is 33.8. The van der Waals surface area contributed by atoms with Crippen LogP contribution in [0.15, 0.2) is 121 Å². The Morgan fingerprint density at radius 3 is 1.53 bits per heavy atom. The summed E-state index contributed by atoms with van der Waals surface area (Å²) in [4.78, 5) is 67.2. The van der Waals surface area contributed by atoms with Crippen LogP contribution in [0.1, 0.15) is 70.7 Å². The predicted octanol–water partition coefficient (Wildman–Crippen LogP) is 6.65. The highest BCUT2D eigenvalue weighted by Gasteiger charge is 2.61. The molecule has 2 bridgehead atoms. The van der Waals surface area contributed by atoms with E-state index in [0.29, 0.717) is 11.3 Å². The fourth-order valence-electron chi connectivity index (χ4n) is 7.54. The van der Waals surface area contributed by atoms with Crippen molar-refractivity contribution in [2.24, 2.45) is 11.8 Å². The van der Waals surface area contributed by atoms with Gasteiger partial charge in [-0.15, -0.1) is 0 Å². The highest BCUT2D eigenvalue weighted by atomic mass is 16.5. The number of hydrogen-bond donors (Lipinski definition) is 0. The molecule has 5 aromatic carbocycles. The molecule has 3 aliphatic carbocycles. The number of Topliss-reactive ketones (excluding diaryl/α,β-unsaturated/α-hetero) is 1. The molecule has 2 atom stereocenters. The van der Waals surface area contributed by atoms with Crippen molar-refractivity contribution in [3.63, 3.8) is 0 Å². The summed E-state index contributed by atoms with van der Waals surface area (Å²) in [5, 5.41) is 0. The minimum Gasteiger partial charge on any atom is -0.454 e. The van der Waals surface area contributed by atoms with E-state index >= 15 is 0 Å². The molecule has 0 radical (unpaired) electrons. The van der Waals surface area contributed by atoms with Crippen LogP contribution in [0.3, 0.4) is 0 Å². The van der Waals surface area contributed by atoms with Gasteiger partial charge in [-0.05, 0) is 89.8 Å². The first-order valence-electron chi connectivity index (χ1n) is 16.0. The summed E-state index contributed by atoms with van der Waals surface area (Å²) in [6.45, 7) is 1.42. The number of ether oxygens (including phenoxy) is 2. The Kier molecular flexibility index (Phi) is 7.29. The zero-order valence-corrected chi connectivity index (χ0v) is 26.4. The normalized spacial score (nSPS) is 19.9. The van der Waals surface area contributed by atoms with Crippen LogP contribution in [0.25, 0.3) is 0 Å². The highest BCUT2D eigenvalue weighted by Crippen LogP contribution is 2.61. The molecule has 4 aliphatic rings. The molecule has 0 aromatic heterocycles. The molecule has 0 saturated carbocycles. The molecule has 0 spiro atoms. The maximum absolute atomic E-state index is 14.0. The first-order chi connectivity index (χ1) is 23.8. The van der Waals surface area contributed by atoms with E-state index in [1.165, 1.54) is 41.3 Å². The lowest BCUT2D eigenvalue weighted by atomic mass is 9.55. The first kappa shape index (κ1) is 30.2. The second-order valence-corrected chi connectivity index (χ2v) is 12.6. The van der Waals surface area contributed by atoms with Gasteiger partial charge in [0.25, 0.3) is 0 Å². The van der Waals surface area contributed by atoms with Gasteiger partial charge in [-0.25, -0.2) is 14.5 Å². The lowest BCUT2D eigenvalue weighted by Gasteiger charge is -2.45. The van der Waals surface area contributed by atoms with Crippen LogP contribution in [-0.2, 0) is 14.3 Å². The zero-order valence-electron chi connectivity index (χ0n) is 26.4. The average molecular weight is 648 g/mol. The number of carbonyl (C=O) groups excluding carboxylic acids is 5. The van der Waals surface area contributed by atoms with E-state index < -0.39 is 36.2 Å². The number of rotatable bonds is 7. The second kappa shape index (κ2) is 11.8. The van der Waals surface area contributed by atoms with Gasteiger partial charge in [-0.2, -0.15) is 0 Å². The average Bonchev–Trinajstić information content (AvgIpc) is 3.40. The van der Waals surface area contributed by atoms with E-state index in [1.54, 1.807) is 24.3 Å². The van der Waals surface area contributed by atoms with Crippen LogP contribution < -0.4 is 9.64 Å². The third-order valence-electron chi connectivity index (χ3n) is 9.82. The summed E-state index contributed by atoms with van der Waals surface area (Å²) in [5.74, 6) is -3.32. The van der Waals surface area contributed by atoms with Crippen LogP contribution >= 0.6 is 0 Å². The minimum atomic E-state index is -0.722. The second-order valence-electron chi connectivity index (χ2n) is 12.6. The fourth-order valence-corrected chi connectivity index (χ4v) is 7.54. The number of nitrogens with zero attached hydrogens (tertiary/aromatic N) is 1. The number of amides is 2. The van der Waals surface area contributed by atoms with Crippen LogP contribution in [0.5, 0.6) is 5.75 Å². The van der Waals surface area contributed by atoms with Crippen LogP contribution in [-0.4, -0.2) is 36.1 Å². The number of imide groups is 1. The van der Waals surface area contributed by atoms with Crippen molar-refractivity contribution in [1.29, 1.82) is 0 Å². The highest BCUT2D eigenvalue weighted by molar-refractivity contribution is 6.23. The van der Waals surface area contributed by atoms with Gasteiger partial charge in [0.2, 0.25) is 11.8 Å². The molecule has 49 heavy (non-hydrogen) atoms. The number of esters is 2. The number of aryl methyl sites for hydroxylation is 1. The summed E-state index contributed by atoms with van der Waals surface area (Å²) in [6.07, 6.45) is 0. The SMILES string of the molecule is Cc1ccc(C(=O)Oc2ccc(C(=O)COC(=O)c3ccc(N4C(=O)C5C6c7ccccc7C(c7ccccc76)C5C4=O)cc3)cc2)cc1. The van der Waals surface area contributed by atoms with Gasteiger partial charge in [0, 0.05) is 17.4 Å². The fraction of sp³-hybridized carbons (Fsp3) is 0.146. The summed E-state index contributed by atoms with van der Waals surface area (Å²) < 4.78 is 10.7. The Hall–Kier alpha value is -6.15. The lowest BCUT2D eigenvalue weighted by Crippen LogP contribution is -2.41. The van der Waals surface area contributed by atoms with Crippen molar-refractivity contribution in [2.45, 2.75) is 18.8 Å². The molecule has 1 fully saturated rings. The maximum atomic E-state index is 14.0. The molecule has 2 amide bonds. The molecule has 8 nitrogen and oxygen atoms in total. The lowest BCUT2D eigenvalue weighted by molar-refractivity contribution is -0.122. The van der Waals surface area contributed by atoms with Gasteiger partial charge < -0.3 is 9.47 Å². The van der Waals surface area contributed by atoms with Gasteiger partial charge in [-0.1, -0.05) is 66.2 Å². The van der Waals surface area contributed by atoms with E-state index in [1.807, 2.05) is 43.3 Å². The van der Waals surface area contributed by atoms with Crippen molar-refractivity contribution < 1.29 is 33.4 Å². The summed E-state index contributed by atoms with van der Waals surface area (Å²) in [5.41, 5.74) is 6.66. The summed E-state index contributed by atoms with van der Waals surface area (Å²) in [7, 11) is 0.